The van der Waals surface area contributed by atoms with Crippen molar-refractivity contribution >= 4 is 5.91 Å². The van der Waals surface area contributed by atoms with Crippen LogP contribution in [0.5, 0.6) is 5.75 Å². The molecular formula is C32H33FN4O2. The van der Waals surface area contributed by atoms with Gasteiger partial charge in [-0.25, -0.2) is 9.37 Å². The van der Waals surface area contributed by atoms with E-state index in [4.69, 9.17) is 4.74 Å². The van der Waals surface area contributed by atoms with Crippen molar-refractivity contribution in [2.45, 2.75) is 38.3 Å². The van der Waals surface area contributed by atoms with Crippen molar-refractivity contribution in [1.82, 2.24) is 19.8 Å². The predicted molar refractivity (Wildman–Crippen MR) is 149 cm³/mol. The predicted octanol–water partition coefficient (Wildman–Crippen LogP) is 6.09. The maximum absolute atomic E-state index is 14.4. The number of halogens is 1. The number of fused-ring (bicyclic) bond motifs is 1. The van der Waals surface area contributed by atoms with Crippen molar-refractivity contribution in [3.8, 4) is 16.9 Å². The van der Waals surface area contributed by atoms with Gasteiger partial charge in [0.25, 0.3) is 5.91 Å². The Morgan fingerprint density at radius 1 is 1.03 bits per heavy atom. The number of ether oxygens (including phenoxy) is 1. The Labute approximate surface area is 228 Å². The van der Waals surface area contributed by atoms with Crippen molar-refractivity contribution < 1.29 is 13.9 Å². The summed E-state index contributed by atoms with van der Waals surface area (Å²) in [4.78, 5) is 25.8. The molecule has 1 fully saturated rings. The lowest BCUT2D eigenvalue weighted by atomic mass is 9.88. The van der Waals surface area contributed by atoms with Gasteiger partial charge < -0.3 is 19.5 Å². The van der Waals surface area contributed by atoms with Crippen LogP contribution in [0.4, 0.5) is 4.39 Å². The van der Waals surface area contributed by atoms with Crippen molar-refractivity contribution in [2.75, 3.05) is 27.2 Å². The molecule has 0 radical (unpaired) electrons. The van der Waals surface area contributed by atoms with Crippen LogP contribution in [0.15, 0.2) is 66.9 Å². The zero-order chi connectivity index (χ0) is 27.1. The molecule has 1 aromatic heterocycles. The number of nitrogens with zero attached hydrogens (tertiary/aromatic N) is 3. The maximum Gasteiger partial charge on any atom is 0.255 e. The van der Waals surface area contributed by atoms with Crippen LogP contribution in [0.2, 0.25) is 0 Å². The summed E-state index contributed by atoms with van der Waals surface area (Å²) in [5.74, 6) is 1.17. The summed E-state index contributed by atoms with van der Waals surface area (Å²) in [5, 5.41) is 0. The second-order valence-corrected chi connectivity index (χ2v) is 10.7. The van der Waals surface area contributed by atoms with E-state index in [0.29, 0.717) is 35.2 Å². The topological polar surface area (TPSA) is 61.5 Å². The Morgan fingerprint density at radius 3 is 2.46 bits per heavy atom. The van der Waals surface area contributed by atoms with Crippen molar-refractivity contribution in [2.24, 2.45) is 0 Å². The van der Waals surface area contributed by atoms with E-state index in [-0.39, 0.29) is 5.91 Å². The number of hydrogen-bond donors (Lipinski definition) is 1. The van der Waals surface area contributed by atoms with Crippen LogP contribution in [0.3, 0.4) is 0 Å². The average molecular weight is 525 g/mol. The van der Waals surface area contributed by atoms with Crippen LogP contribution in [-0.4, -0.2) is 52.9 Å². The van der Waals surface area contributed by atoms with Gasteiger partial charge in [-0.3, -0.25) is 4.79 Å². The normalized spacial score (nSPS) is 16.9. The second-order valence-electron chi connectivity index (χ2n) is 10.7. The maximum atomic E-state index is 14.4. The molecule has 3 heterocycles. The number of nitrogens with one attached hydrogen (secondary N) is 1. The molecule has 1 amide bonds. The number of methoxy groups -OCH3 is 1. The number of hydrogen-bond acceptors (Lipinski definition) is 4. The lowest BCUT2D eigenvalue weighted by Crippen LogP contribution is -2.31. The fourth-order valence-electron chi connectivity index (χ4n) is 5.96. The van der Waals surface area contributed by atoms with Crippen LogP contribution in [0, 0.1) is 12.7 Å². The highest BCUT2D eigenvalue weighted by atomic mass is 19.1. The van der Waals surface area contributed by atoms with Gasteiger partial charge in [0.05, 0.1) is 12.8 Å². The van der Waals surface area contributed by atoms with Gasteiger partial charge in [0, 0.05) is 23.9 Å². The molecule has 0 aliphatic carbocycles. The molecule has 1 atom stereocenters. The molecule has 7 heteroatoms. The highest BCUT2D eigenvalue weighted by Gasteiger charge is 2.37. The van der Waals surface area contributed by atoms with Gasteiger partial charge in [-0.1, -0.05) is 36.4 Å². The molecule has 6 rings (SSSR count). The van der Waals surface area contributed by atoms with Crippen molar-refractivity contribution in [1.29, 1.82) is 0 Å². The van der Waals surface area contributed by atoms with Crippen molar-refractivity contribution in [3.05, 3.63) is 106 Å². The lowest BCUT2D eigenvalue weighted by Gasteiger charge is -2.29. The molecule has 1 saturated heterocycles. The molecule has 6 nitrogen and oxygen atoms in total. The van der Waals surface area contributed by atoms with E-state index >= 15 is 0 Å². The highest BCUT2D eigenvalue weighted by molar-refractivity contribution is 6.00. The number of H-pyrrole nitrogens is 1. The Morgan fingerprint density at radius 2 is 1.77 bits per heavy atom. The van der Waals surface area contributed by atoms with E-state index < -0.39 is 11.9 Å². The highest BCUT2D eigenvalue weighted by Crippen LogP contribution is 2.40. The number of rotatable bonds is 6. The number of aromatic amines is 1. The van der Waals surface area contributed by atoms with E-state index in [1.807, 2.05) is 19.1 Å². The third-order valence-electron chi connectivity index (χ3n) is 8.16. The van der Waals surface area contributed by atoms with Gasteiger partial charge in [0.15, 0.2) is 0 Å². The number of aryl methyl sites for hydroxylation is 1. The zero-order valence-corrected chi connectivity index (χ0v) is 22.6. The van der Waals surface area contributed by atoms with Gasteiger partial charge in [0.2, 0.25) is 0 Å². The van der Waals surface area contributed by atoms with Gasteiger partial charge in [-0.15, -0.1) is 0 Å². The minimum Gasteiger partial charge on any atom is -0.496 e. The number of piperidine rings is 1. The smallest absolute Gasteiger partial charge is 0.255 e. The third kappa shape index (κ3) is 4.83. The fourth-order valence-corrected chi connectivity index (χ4v) is 5.96. The first-order valence-corrected chi connectivity index (χ1v) is 13.5. The summed E-state index contributed by atoms with van der Waals surface area (Å²) in [7, 11) is 3.73. The average Bonchev–Trinajstić information content (AvgIpc) is 3.52. The first-order chi connectivity index (χ1) is 18.9. The van der Waals surface area contributed by atoms with E-state index in [0.717, 1.165) is 35.5 Å². The third-order valence-corrected chi connectivity index (χ3v) is 8.16. The molecule has 4 aromatic rings. The number of likely N-dealkylation sites (tertiary alicyclic amines) is 1. The molecular weight excluding hydrogens is 491 g/mol. The van der Waals surface area contributed by atoms with Crippen LogP contribution in [0.25, 0.3) is 11.1 Å². The number of carbonyl (C=O) groups excluding carboxylic acids is 1. The van der Waals surface area contributed by atoms with Gasteiger partial charge in [-0.2, -0.15) is 0 Å². The second kappa shape index (κ2) is 10.3. The molecule has 2 aliphatic heterocycles. The van der Waals surface area contributed by atoms with Crippen molar-refractivity contribution in [3.63, 3.8) is 0 Å². The van der Waals surface area contributed by atoms with E-state index in [9.17, 15) is 9.18 Å². The molecule has 3 aromatic carbocycles. The zero-order valence-electron chi connectivity index (χ0n) is 22.6. The standard InChI is InChI=1S/C32H33FN4O2/c1-20-18-34-31(35-20)30(28-17-26(33)10-11-29(28)39-3)37-19-25-9-8-24(16-27(25)32(37)38)22-6-4-21(5-7-22)23-12-14-36(2)15-13-23/h4-11,16-18,23,30H,12-15,19H2,1-3H3,(H,34,35). The molecule has 0 saturated carbocycles. The molecule has 2 aliphatic rings. The number of benzene rings is 3. The summed E-state index contributed by atoms with van der Waals surface area (Å²) in [6.45, 7) is 4.55. The Bertz CT molecular complexity index is 1510. The first kappa shape index (κ1) is 25.3. The Hall–Kier alpha value is -3.97. The van der Waals surface area contributed by atoms with Gasteiger partial charge in [0.1, 0.15) is 23.4 Å². The summed E-state index contributed by atoms with van der Waals surface area (Å²) in [6, 6.07) is 18.6. The van der Waals surface area contributed by atoms with Crippen LogP contribution >= 0.6 is 0 Å². The minimum absolute atomic E-state index is 0.111. The van der Waals surface area contributed by atoms with Gasteiger partial charge >= 0.3 is 0 Å². The molecule has 1 unspecified atom stereocenters. The minimum atomic E-state index is -0.624. The Balaban J connectivity index is 1.31. The monoisotopic (exact) mass is 524 g/mol. The number of carbonyl (C=O) groups is 1. The van der Waals surface area contributed by atoms with E-state index in [1.165, 1.54) is 30.5 Å². The molecule has 200 valence electrons. The lowest BCUT2D eigenvalue weighted by molar-refractivity contribution is 0.0723. The largest absolute Gasteiger partial charge is 0.496 e. The van der Waals surface area contributed by atoms with Crippen LogP contribution < -0.4 is 4.74 Å². The Kier molecular flexibility index (Phi) is 6.69. The van der Waals surface area contributed by atoms with Crippen LogP contribution in [-0.2, 0) is 6.54 Å². The summed E-state index contributed by atoms with van der Waals surface area (Å²) < 4.78 is 20.0. The van der Waals surface area contributed by atoms with Gasteiger partial charge in [-0.05, 0) is 92.3 Å². The summed E-state index contributed by atoms with van der Waals surface area (Å²) in [5.41, 5.74) is 6.43. The van der Waals surface area contributed by atoms with Crippen LogP contribution in [0.1, 0.15) is 63.4 Å². The van der Waals surface area contributed by atoms with E-state index in [2.05, 4.69) is 52.2 Å². The number of amides is 1. The SMILES string of the molecule is COc1ccc(F)cc1C(c1nc(C)c[nH]1)N1Cc2ccc(-c3ccc(C4CCN(C)CC4)cc3)cc2C1=O. The molecule has 0 spiro atoms. The molecule has 0 bridgehead atoms. The summed E-state index contributed by atoms with van der Waals surface area (Å²) in [6.07, 6.45) is 4.16. The molecule has 39 heavy (non-hydrogen) atoms. The number of imidazole rings is 1. The number of aromatic nitrogens is 2. The summed E-state index contributed by atoms with van der Waals surface area (Å²) >= 11 is 0. The fraction of sp³-hybridized carbons (Fsp3) is 0.312. The first-order valence-electron chi connectivity index (χ1n) is 13.5. The quantitative estimate of drug-likeness (QED) is 0.332. The molecule has 1 N–H and O–H groups in total. The van der Waals surface area contributed by atoms with E-state index in [1.54, 1.807) is 24.3 Å².